The standard InChI is InChI=1S/C21H29N3O4S/c1-12-7-6-8-16(13(12)2)22-19(25)14(3)29-21-24-23-20(28-21)15-9-10-17(26-4)18(11-15)27-5/h9-14,16H,6-8H2,1-5H3,(H,22,25)/t12-,13-,14-,16+/m1/s1. The minimum Gasteiger partial charge on any atom is -0.493 e. The van der Waals surface area contributed by atoms with Crippen molar-refractivity contribution in [1.29, 1.82) is 0 Å². The molecule has 158 valence electrons. The molecule has 1 aromatic carbocycles. The number of nitrogens with one attached hydrogen (secondary N) is 1. The summed E-state index contributed by atoms with van der Waals surface area (Å²) in [5.74, 6) is 2.72. The minimum absolute atomic E-state index is 0.00631. The van der Waals surface area contributed by atoms with Gasteiger partial charge in [0, 0.05) is 11.6 Å². The van der Waals surface area contributed by atoms with Crippen LogP contribution in [0.1, 0.15) is 40.0 Å². The molecule has 1 aromatic heterocycles. The van der Waals surface area contributed by atoms with Crippen molar-refractivity contribution >= 4 is 17.7 Å². The number of benzene rings is 1. The summed E-state index contributed by atoms with van der Waals surface area (Å²) in [7, 11) is 3.16. The molecule has 0 bridgehead atoms. The van der Waals surface area contributed by atoms with E-state index in [1.165, 1.54) is 18.2 Å². The maximum Gasteiger partial charge on any atom is 0.277 e. The summed E-state index contributed by atoms with van der Waals surface area (Å²) in [5.41, 5.74) is 0.726. The molecule has 29 heavy (non-hydrogen) atoms. The molecule has 1 saturated carbocycles. The first-order chi connectivity index (χ1) is 13.9. The number of thioether (sulfide) groups is 1. The third-order valence-corrected chi connectivity index (χ3v) is 6.65. The van der Waals surface area contributed by atoms with Gasteiger partial charge in [0.25, 0.3) is 5.22 Å². The second kappa shape index (κ2) is 9.52. The van der Waals surface area contributed by atoms with E-state index in [1.54, 1.807) is 26.4 Å². The molecule has 7 nitrogen and oxygen atoms in total. The summed E-state index contributed by atoms with van der Waals surface area (Å²) >= 11 is 1.27. The molecule has 2 aromatic rings. The number of hydrogen-bond donors (Lipinski definition) is 1. The largest absolute Gasteiger partial charge is 0.493 e. The molecule has 1 aliphatic carbocycles. The molecule has 0 unspecified atom stereocenters. The van der Waals surface area contributed by atoms with Crippen LogP contribution >= 0.6 is 11.8 Å². The number of carbonyl (C=O) groups excluding carboxylic acids is 1. The summed E-state index contributed by atoms with van der Waals surface area (Å²) < 4.78 is 16.3. The van der Waals surface area contributed by atoms with Crippen molar-refractivity contribution in [3.05, 3.63) is 18.2 Å². The van der Waals surface area contributed by atoms with Gasteiger partial charge in [-0.2, -0.15) is 0 Å². The van der Waals surface area contributed by atoms with E-state index >= 15 is 0 Å². The van der Waals surface area contributed by atoms with Crippen LogP contribution in [0.2, 0.25) is 0 Å². The van der Waals surface area contributed by atoms with Crippen LogP contribution in [0.4, 0.5) is 0 Å². The van der Waals surface area contributed by atoms with Gasteiger partial charge in [-0.3, -0.25) is 4.79 Å². The number of rotatable bonds is 7. The van der Waals surface area contributed by atoms with Crippen LogP contribution < -0.4 is 14.8 Å². The molecule has 0 spiro atoms. The minimum atomic E-state index is -0.321. The number of carbonyl (C=O) groups is 1. The van der Waals surface area contributed by atoms with Gasteiger partial charge >= 0.3 is 0 Å². The molecular weight excluding hydrogens is 390 g/mol. The first-order valence-electron chi connectivity index (χ1n) is 9.95. The predicted molar refractivity (Wildman–Crippen MR) is 112 cm³/mol. The Morgan fingerprint density at radius 3 is 2.69 bits per heavy atom. The number of hydrogen-bond acceptors (Lipinski definition) is 7. The number of amides is 1. The fourth-order valence-corrected chi connectivity index (χ4v) is 4.33. The lowest BCUT2D eigenvalue weighted by Gasteiger charge is -2.35. The Morgan fingerprint density at radius 1 is 1.21 bits per heavy atom. The van der Waals surface area contributed by atoms with Crippen molar-refractivity contribution in [2.45, 2.75) is 56.5 Å². The Balaban J connectivity index is 1.63. The summed E-state index contributed by atoms with van der Waals surface area (Å²) in [4.78, 5) is 12.6. The maximum absolute atomic E-state index is 12.6. The van der Waals surface area contributed by atoms with Gasteiger partial charge in [-0.25, -0.2) is 0 Å². The maximum atomic E-state index is 12.6. The van der Waals surface area contributed by atoms with E-state index in [-0.39, 0.29) is 17.2 Å². The molecule has 1 fully saturated rings. The molecule has 0 radical (unpaired) electrons. The van der Waals surface area contributed by atoms with E-state index in [0.717, 1.165) is 18.4 Å². The SMILES string of the molecule is COc1ccc(-c2nnc(S[C@H](C)C(=O)N[C@H]3CCC[C@@H](C)[C@H]3C)o2)cc1OC. The highest BCUT2D eigenvalue weighted by Crippen LogP contribution is 2.34. The predicted octanol–water partition coefficient (Wildman–Crippen LogP) is 4.18. The summed E-state index contributed by atoms with van der Waals surface area (Å²) in [6.07, 6.45) is 3.44. The van der Waals surface area contributed by atoms with Gasteiger partial charge in [-0.1, -0.05) is 38.5 Å². The number of ether oxygens (including phenoxy) is 2. The number of methoxy groups -OCH3 is 2. The van der Waals surface area contributed by atoms with E-state index < -0.39 is 0 Å². The van der Waals surface area contributed by atoms with Gasteiger partial charge < -0.3 is 19.2 Å². The van der Waals surface area contributed by atoms with Gasteiger partial charge in [-0.05, 0) is 43.4 Å². The summed E-state index contributed by atoms with van der Waals surface area (Å²) in [6.45, 7) is 6.34. The van der Waals surface area contributed by atoms with Gasteiger partial charge in [-0.15, -0.1) is 10.2 Å². The van der Waals surface area contributed by atoms with Crippen LogP contribution in [0.3, 0.4) is 0 Å². The van der Waals surface area contributed by atoms with Gasteiger partial charge in [0.05, 0.1) is 19.5 Å². The molecule has 3 rings (SSSR count). The van der Waals surface area contributed by atoms with Crippen LogP contribution in [0.25, 0.3) is 11.5 Å². The Hall–Kier alpha value is -2.22. The zero-order valence-corrected chi connectivity index (χ0v) is 18.4. The molecular formula is C21H29N3O4S. The molecule has 1 N–H and O–H groups in total. The summed E-state index contributed by atoms with van der Waals surface area (Å²) in [5, 5.41) is 11.4. The van der Waals surface area contributed by atoms with Crippen LogP contribution in [0, 0.1) is 11.8 Å². The molecule has 1 heterocycles. The Kier molecular flexibility index (Phi) is 7.05. The summed E-state index contributed by atoms with van der Waals surface area (Å²) in [6, 6.07) is 5.63. The normalized spacial score (nSPS) is 22.7. The molecule has 1 aliphatic rings. The van der Waals surface area contributed by atoms with E-state index in [0.29, 0.717) is 34.4 Å². The van der Waals surface area contributed by atoms with Gasteiger partial charge in [0.2, 0.25) is 11.8 Å². The average Bonchev–Trinajstić information content (AvgIpc) is 3.19. The van der Waals surface area contributed by atoms with Gasteiger partial charge in [0.15, 0.2) is 11.5 Å². The van der Waals surface area contributed by atoms with Crippen molar-refractivity contribution in [3.8, 4) is 23.0 Å². The Labute approximate surface area is 175 Å². The third kappa shape index (κ3) is 5.04. The third-order valence-electron chi connectivity index (χ3n) is 5.72. The second-order valence-corrected chi connectivity index (χ2v) is 8.88. The Morgan fingerprint density at radius 2 is 1.97 bits per heavy atom. The van der Waals surface area contributed by atoms with E-state index in [4.69, 9.17) is 13.9 Å². The average molecular weight is 420 g/mol. The molecule has 8 heteroatoms. The fourth-order valence-electron chi connectivity index (χ4n) is 3.63. The lowest BCUT2D eigenvalue weighted by atomic mass is 9.78. The van der Waals surface area contributed by atoms with Crippen LogP contribution in [-0.2, 0) is 4.79 Å². The van der Waals surface area contributed by atoms with Crippen molar-refractivity contribution in [1.82, 2.24) is 15.5 Å². The second-order valence-electron chi connectivity index (χ2n) is 7.59. The molecule has 4 atom stereocenters. The lowest BCUT2D eigenvalue weighted by molar-refractivity contribution is -0.121. The molecule has 0 aliphatic heterocycles. The Bertz CT molecular complexity index is 841. The monoisotopic (exact) mass is 419 g/mol. The van der Waals surface area contributed by atoms with Crippen LogP contribution in [0.5, 0.6) is 11.5 Å². The lowest BCUT2D eigenvalue weighted by Crippen LogP contribution is -2.46. The van der Waals surface area contributed by atoms with Gasteiger partial charge in [0.1, 0.15) is 0 Å². The highest BCUT2D eigenvalue weighted by atomic mass is 32.2. The van der Waals surface area contributed by atoms with E-state index in [9.17, 15) is 4.79 Å². The zero-order valence-electron chi connectivity index (χ0n) is 17.6. The van der Waals surface area contributed by atoms with Crippen LogP contribution in [0.15, 0.2) is 27.8 Å². The van der Waals surface area contributed by atoms with Crippen molar-refractivity contribution in [2.24, 2.45) is 11.8 Å². The smallest absolute Gasteiger partial charge is 0.277 e. The molecule has 1 amide bonds. The highest BCUT2D eigenvalue weighted by Gasteiger charge is 2.30. The molecule has 0 saturated heterocycles. The fraction of sp³-hybridized carbons (Fsp3) is 0.571. The first kappa shape index (κ1) is 21.5. The highest BCUT2D eigenvalue weighted by molar-refractivity contribution is 8.00. The van der Waals surface area contributed by atoms with Crippen molar-refractivity contribution in [3.63, 3.8) is 0 Å². The van der Waals surface area contributed by atoms with Crippen molar-refractivity contribution < 1.29 is 18.7 Å². The zero-order chi connectivity index (χ0) is 21.0. The van der Waals surface area contributed by atoms with Crippen molar-refractivity contribution in [2.75, 3.05) is 14.2 Å². The van der Waals surface area contributed by atoms with E-state index in [1.807, 2.05) is 13.0 Å². The van der Waals surface area contributed by atoms with Crippen LogP contribution in [-0.4, -0.2) is 41.6 Å². The number of nitrogens with zero attached hydrogens (tertiary/aromatic N) is 2. The van der Waals surface area contributed by atoms with E-state index in [2.05, 4.69) is 29.4 Å². The topological polar surface area (TPSA) is 86.5 Å². The number of aromatic nitrogens is 2. The quantitative estimate of drug-likeness (QED) is 0.674. The first-order valence-corrected chi connectivity index (χ1v) is 10.8.